The SMILES string of the molecule is NC1CSCC1c1nc(-c2cscn2)no1. The van der Waals surface area contributed by atoms with E-state index in [1.807, 2.05) is 17.1 Å². The molecule has 0 bridgehead atoms. The van der Waals surface area contributed by atoms with Crippen molar-refractivity contribution in [2.24, 2.45) is 5.73 Å². The standard InChI is InChI=1S/C9H10N4OS2/c10-6-2-15-1-5(6)9-12-8(13-14-9)7-3-16-4-11-7/h3-6H,1-2,10H2. The van der Waals surface area contributed by atoms with Crippen LogP contribution in [0.5, 0.6) is 0 Å². The van der Waals surface area contributed by atoms with Crippen LogP contribution in [0.1, 0.15) is 11.8 Å². The third kappa shape index (κ3) is 1.74. The maximum absolute atomic E-state index is 5.98. The van der Waals surface area contributed by atoms with Crippen LogP contribution >= 0.6 is 23.1 Å². The van der Waals surface area contributed by atoms with Crippen LogP contribution in [0.3, 0.4) is 0 Å². The lowest BCUT2D eigenvalue weighted by molar-refractivity contribution is 0.352. The number of rotatable bonds is 2. The quantitative estimate of drug-likeness (QED) is 0.871. The molecule has 0 radical (unpaired) electrons. The Bertz CT molecular complexity index is 470. The third-order valence-corrected chi connectivity index (χ3v) is 4.35. The molecule has 2 unspecified atom stereocenters. The number of aromatic nitrogens is 3. The first kappa shape index (κ1) is 10.2. The van der Waals surface area contributed by atoms with Crippen molar-refractivity contribution in [3.8, 4) is 11.5 Å². The molecular weight excluding hydrogens is 244 g/mol. The molecule has 3 rings (SSSR count). The Morgan fingerprint density at radius 2 is 2.38 bits per heavy atom. The van der Waals surface area contributed by atoms with Crippen molar-refractivity contribution >= 4 is 23.1 Å². The largest absolute Gasteiger partial charge is 0.339 e. The fourth-order valence-corrected chi connectivity index (χ4v) is 3.45. The highest BCUT2D eigenvalue weighted by atomic mass is 32.2. The summed E-state index contributed by atoms with van der Waals surface area (Å²) in [5.74, 6) is 3.30. The van der Waals surface area contributed by atoms with Crippen molar-refractivity contribution in [2.45, 2.75) is 12.0 Å². The van der Waals surface area contributed by atoms with Crippen molar-refractivity contribution in [1.82, 2.24) is 15.1 Å². The van der Waals surface area contributed by atoms with E-state index in [1.54, 1.807) is 5.51 Å². The van der Waals surface area contributed by atoms with E-state index >= 15 is 0 Å². The second-order valence-electron chi connectivity index (χ2n) is 3.64. The Morgan fingerprint density at radius 1 is 1.44 bits per heavy atom. The summed E-state index contributed by atoms with van der Waals surface area (Å²) in [6, 6.07) is 0.119. The fraction of sp³-hybridized carbons (Fsp3) is 0.444. The second kappa shape index (κ2) is 4.15. The van der Waals surface area contributed by atoms with Gasteiger partial charge < -0.3 is 10.3 Å². The maximum atomic E-state index is 5.98. The van der Waals surface area contributed by atoms with Gasteiger partial charge in [0.15, 0.2) is 0 Å². The van der Waals surface area contributed by atoms with Crippen LogP contribution < -0.4 is 5.73 Å². The predicted octanol–water partition coefficient (Wildman–Crippen LogP) is 1.35. The number of thioether (sulfide) groups is 1. The molecule has 1 saturated heterocycles. The summed E-state index contributed by atoms with van der Waals surface area (Å²) in [5, 5.41) is 5.83. The van der Waals surface area contributed by atoms with Gasteiger partial charge in [-0.05, 0) is 0 Å². The molecule has 1 aliphatic heterocycles. The van der Waals surface area contributed by atoms with Gasteiger partial charge in [-0.3, -0.25) is 0 Å². The topological polar surface area (TPSA) is 77.8 Å². The summed E-state index contributed by atoms with van der Waals surface area (Å²) >= 11 is 3.34. The van der Waals surface area contributed by atoms with Gasteiger partial charge in [-0.15, -0.1) is 11.3 Å². The van der Waals surface area contributed by atoms with Crippen LogP contribution in [-0.2, 0) is 0 Å². The smallest absolute Gasteiger partial charge is 0.232 e. The zero-order valence-electron chi connectivity index (χ0n) is 8.37. The van der Waals surface area contributed by atoms with Gasteiger partial charge in [-0.1, -0.05) is 5.16 Å². The van der Waals surface area contributed by atoms with Crippen LogP contribution in [0, 0.1) is 0 Å². The van der Waals surface area contributed by atoms with E-state index in [2.05, 4.69) is 15.1 Å². The Balaban J connectivity index is 1.88. The molecule has 0 saturated carbocycles. The molecule has 1 aliphatic rings. The Hall–Kier alpha value is -0.920. The second-order valence-corrected chi connectivity index (χ2v) is 5.43. The first-order chi connectivity index (χ1) is 7.84. The van der Waals surface area contributed by atoms with E-state index in [0.29, 0.717) is 11.7 Å². The van der Waals surface area contributed by atoms with E-state index in [-0.39, 0.29) is 12.0 Å². The zero-order valence-corrected chi connectivity index (χ0v) is 10.0. The first-order valence-electron chi connectivity index (χ1n) is 4.90. The average Bonchev–Trinajstić information content (AvgIpc) is 2.96. The van der Waals surface area contributed by atoms with Gasteiger partial charge in [0.05, 0.1) is 11.4 Å². The molecule has 5 nitrogen and oxygen atoms in total. The van der Waals surface area contributed by atoms with Crippen LogP contribution in [0.2, 0.25) is 0 Å². The lowest BCUT2D eigenvalue weighted by Gasteiger charge is -2.07. The summed E-state index contributed by atoms with van der Waals surface area (Å²) in [4.78, 5) is 8.50. The fourth-order valence-electron chi connectivity index (χ4n) is 1.64. The van der Waals surface area contributed by atoms with Crippen molar-refractivity contribution < 1.29 is 4.52 Å². The molecule has 0 aromatic carbocycles. The lowest BCUT2D eigenvalue weighted by Crippen LogP contribution is -2.26. The molecule has 0 spiro atoms. The van der Waals surface area contributed by atoms with Gasteiger partial charge in [0, 0.05) is 22.9 Å². The summed E-state index contributed by atoms with van der Waals surface area (Å²) < 4.78 is 5.25. The number of nitrogens with zero attached hydrogens (tertiary/aromatic N) is 3. The molecule has 0 aliphatic carbocycles. The molecule has 2 aromatic heterocycles. The van der Waals surface area contributed by atoms with Crippen LogP contribution in [0.15, 0.2) is 15.4 Å². The van der Waals surface area contributed by atoms with E-state index in [9.17, 15) is 0 Å². The Kier molecular flexibility index (Phi) is 2.66. The number of hydrogen-bond acceptors (Lipinski definition) is 7. The van der Waals surface area contributed by atoms with Crippen LogP contribution in [-0.4, -0.2) is 32.7 Å². The minimum atomic E-state index is 0.119. The number of nitrogens with two attached hydrogens (primary N) is 1. The summed E-state index contributed by atoms with van der Waals surface area (Å²) in [5.41, 5.74) is 8.49. The van der Waals surface area contributed by atoms with E-state index in [0.717, 1.165) is 17.2 Å². The highest BCUT2D eigenvalue weighted by molar-refractivity contribution is 7.99. The third-order valence-electron chi connectivity index (χ3n) is 2.54. The van der Waals surface area contributed by atoms with Gasteiger partial charge >= 0.3 is 0 Å². The molecule has 16 heavy (non-hydrogen) atoms. The summed E-state index contributed by atoms with van der Waals surface area (Å²) in [7, 11) is 0. The van der Waals surface area contributed by atoms with Crippen molar-refractivity contribution in [3.05, 3.63) is 16.8 Å². The monoisotopic (exact) mass is 254 g/mol. The number of thiazole rings is 1. The molecule has 2 N–H and O–H groups in total. The highest BCUT2D eigenvalue weighted by Crippen LogP contribution is 2.31. The van der Waals surface area contributed by atoms with Crippen LogP contribution in [0.25, 0.3) is 11.5 Å². The molecule has 2 aromatic rings. The minimum Gasteiger partial charge on any atom is -0.339 e. The Morgan fingerprint density at radius 3 is 3.06 bits per heavy atom. The molecule has 84 valence electrons. The maximum Gasteiger partial charge on any atom is 0.232 e. The van der Waals surface area contributed by atoms with Crippen molar-refractivity contribution in [2.75, 3.05) is 11.5 Å². The summed E-state index contributed by atoms with van der Waals surface area (Å²) in [6.07, 6.45) is 0. The van der Waals surface area contributed by atoms with Crippen molar-refractivity contribution in [3.63, 3.8) is 0 Å². The van der Waals surface area contributed by atoms with E-state index < -0.39 is 0 Å². The van der Waals surface area contributed by atoms with Crippen LogP contribution in [0.4, 0.5) is 0 Å². The van der Waals surface area contributed by atoms with Gasteiger partial charge in [0.2, 0.25) is 11.7 Å². The van der Waals surface area contributed by atoms with Gasteiger partial charge in [-0.2, -0.15) is 16.7 Å². The summed E-state index contributed by atoms with van der Waals surface area (Å²) in [6.45, 7) is 0. The molecule has 2 atom stereocenters. The molecular formula is C9H10N4OS2. The molecule has 0 amide bonds. The normalized spacial score (nSPS) is 25.1. The molecule has 3 heterocycles. The number of hydrogen-bond donors (Lipinski definition) is 1. The predicted molar refractivity (Wildman–Crippen MR) is 63.4 cm³/mol. The van der Waals surface area contributed by atoms with Gasteiger partial charge in [0.1, 0.15) is 5.69 Å². The Labute approximate surface area is 100 Å². The van der Waals surface area contributed by atoms with Gasteiger partial charge in [0.25, 0.3) is 0 Å². The van der Waals surface area contributed by atoms with E-state index in [1.165, 1.54) is 11.3 Å². The van der Waals surface area contributed by atoms with Crippen molar-refractivity contribution in [1.29, 1.82) is 0 Å². The van der Waals surface area contributed by atoms with E-state index in [4.69, 9.17) is 10.3 Å². The van der Waals surface area contributed by atoms with Gasteiger partial charge in [-0.25, -0.2) is 4.98 Å². The molecule has 7 heteroatoms. The lowest BCUT2D eigenvalue weighted by atomic mass is 10.1. The first-order valence-corrected chi connectivity index (χ1v) is 7.00. The minimum absolute atomic E-state index is 0.119. The zero-order chi connectivity index (χ0) is 11.0. The molecule has 1 fully saturated rings. The highest BCUT2D eigenvalue weighted by Gasteiger charge is 2.31. The average molecular weight is 254 g/mol.